The fraction of sp³-hybridized carbons (Fsp3) is 0.381. The number of aromatic nitrogens is 2. The molecule has 0 radical (unpaired) electrons. The molecule has 1 unspecified atom stereocenters. The molecule has 0 spiro atoms. The smallest absolute Gasteiger partial charge is 0.216 e. The van der Waals surface area contributed by atoms with Crippen molar-refractivity contribution in [2.45, 2.75) is 26.7 Å². The van der Waals surface area contributed by atoms with Gasteiger partial charge >= 0.3 is 0 Å². The summed E-state index contributed by atoms with van der Waals surface area (Å²) in [7, 11) is 0. The molecule has 3 aromatic rings. The second kappa shape index (κ2) is 6.92. The van der Waals surface area contributed by atoms with E-state index in [1.165, 1.54) is 0 Å². The number of benzene rings is 1. The van der Waals surface area contributed by atoms with Crippen LogP contribution in [0.1, 0.15) is 30.9 Å². The first-order valence-electron chi connectivity index (χ1n) is 9.38. The summed E-state index contributed by atoms with van der Waals surface area (Å²) < 4.78 is 2.11. The largest absolute Gasteiger partial charge is 0.357 e. The number of para-hydroxylation sites is 2. The van der Waals surface area contributed by atoms with Crippen molar-refractivity contribution in [3.05, 3.63) is 41.5 Å². The van der Waals surface area contributed by atoms with E-state index in [0.717, 1.165) is 54.0 Å². The predicted molar refractivity (Wildman–Crippen MR) is 106 cm³/mol. The highest BCUT2D eigenvalue weighted by Crippen LogP contribution is 2.31. The summed E-state index contributed by atoms with van der Waals surface area (Å²) in [6.45, 7) is 6.08. The Kier molecular flexibility index (Phi) is 4.44. The van der Waals surface area contributed by atoms with Crippen molar-refractivity contribution in [2.75, 3.05) is 24.5 Å². The zero-order valence-corrected chi connectivity index (χ0v) is 15.7. The number of hydrogen-bond acceptors (Lipinski definition) is 4. The van der Waals surface area contributed by atoms with Crippen LogP contribution in [0.2, 0.25) is 0 Å². The van der Waals surface area contributed by atoms with E-state index >= 15 is 0 Å². The summed E-state index contributed by atoms with van der Waals surface area (Å²) in [4.78, 5) is 18.4. The van der Waals surface area contributed by atoms with Gasteiger partial charge in [-0.05, 0) is 49.4 Å². The van der Waals surface area contributed by atoms with E-state index in [1.807, 2.05) is 31.2 Å². The molecule has 6 heteroatoms. The Morgan fingerprint density at radius 3 is 3.00 bits per heavy atom. The summed E-state index contributed by atoms with van der Waals surface area (Å²) in [5.74, 6) is 1.51. The third-order valence-electron chi connectivity index (χ3n) is 5.35. The Morgan fingerprint density at radius 1 is 1.41 bits per heavy atom. The highest BCUT2D eigenvalue weighted by atomic mass is 16.1. The Balaban J connectivity index is 1.81. The number of aryl methyl sites for hydroxylation is 1. The first kappa shape index (κ1) is 17.3. The average Bonchev–Trinajstić information content (AvgIpc) is 3.05. The van der Waals surface area contributed by atoms with Gasteiger partial charge in [-0.15, -0.1) is 0 Å². The van der Waals surface area contributed by atoms with Gasteiger partial charge in [0.15, 0.2) is 5.65 Å². The van der Waals surface area contributed by atoms with Gasteiger partial charge in [0.2, 0.25) is 5.91 Å². The van der Waals surface area contributed by atoms with Gasteiger partial charge in [-0.2, -0.15) is 5.26 Å². The molecule has 27 heavy (non-hydrogen) atoms. The van der Waals surface area contributed by atoms with Crippen LogP contribution in [0.5, 0.6) is 0 Å². The number of carbonyl (C=O) groups is 1. The summed E-state index contributed by atoms with van der Waals surface area (Å²) >= 11 is 0. The van der Waals surface area contributed by atoms with Gasteiger partial charge in [-0.1, -0.05) is 12.1 Å². The van der Waals surface area contributed by atoms with Crippen LogP contribution < -0.4 is 10.2 Å². The molecule has 1 amide bonds. The number of hydrogen-bond donors (Lipinski definition) is 1. The second-order valence-corrected chi connectivity index (χ2v) is 7.32. The minimum atomic E-state index is 0.0179. The quantitative estimate of drug-likeness (QED) is 0.778. The number of carbonyl (C=O) groups excluding carboxylic acids is 1. The molecular formula is C21H23N5O. The van der Waals surface area contributed by atoms with Gasteiger partial charge in [0.1, 0.15) is 11.9 Å². The molecule has 1 aromatic carbocycles. The van der Waals surface area contributed by atoms with Crippen molar-refractivity contribution < 1.29 is 4.79 Å². The van der Waals surface area contributed by atoms with Crippen LogP contribution in [0.15, 0.2) is 30.3 Å². The molecule has 1 saturated heterocycles. The normalized spacial score (nSPS) is 17.2. The standard InChI is InChI=1S/C21H23N5O/c1-14-10-20(25-9-5-6-16(13-25)12-23-15(2)27)26-19-8-4-3-7-18(19)24-21(26)17(14)11-22/h3-4,7-8,10,16H,5-6,9,12-13H2,1-2H3,(H,23,27). The molecule has 1 N–H and O–H groups in total. The summed E-state index contributed by atoms with van der Waals surface area (Å²) in [6.07, 6.45) is 2.19. The Bertz CT molecular complexity index is 1060. The summed E-state index contributed by atoms with van der Waals surface area (Å²) in [6, 6.07) is 12.4. The van der Waals surface area contributed by atoms with E-state index in [4.69, 9.17) is 4.98 Å². The molecule has 6 nitrogen and oxygen atoms in total. The van der Waals surface area contributed by atoms with E-state index in [0.29, 0.717) is 18.0 Å². The first-order chi connectivity index (χ1) is 13.1. The lowest BCUT2D eigenvalue weighted by Crippen LogP contribution is -2.41. The number of imidazole rings is 1. The van der Waals surface area contributed by atoms with Crippen LogP contribution in [0.4, 0.5) is 5.82 Å². The third kappa shape index (κ3) is 3.10. The van der Waals surface area contributed by atoms with Crippen molar-refractivity contribution in [3.8, 4) is 6.07 Å². The molecule has 0 saturated carbocycles. The molecule has 138 valence electrons. The summed E-state index contributed by atoms with van der Waals surface area (Å²) in [5, 5.41) is 12.6. The molecule has 1 fully saturated rings. The Morgan fingerprint density at radius 2 is 2.22 bits per heavy atom. The fourth-order valence-corrected chi connectivity index (χ4v) is 4.03. The highest BCUT2D eigenvalue weighted by molar-refractivity contribution is 5.85. The second-order valence-electron chi connectivity index (χ2n) is 7.32. The number of anilines is 1. The number of rotatable bonds is 3. The molecule has 3 heterocycles. The zero-order chi connectivity index (χ0) is 19.0. The lowest BCUT2D eigenvalue weighted by molar-refractivity contribution is -0.119. The number of piperidine rings is 1. The average molecular weight is 361 g/mol. The van der Waals surface area contributed by atoms with Gasteiger partial charge < -0.3 is 10.2 Å². The van der Waals surface area contributed by atoms with E-state index < -0.39 is 0 Å². The molecule has 2 aromatic heterocycles. The van der Waals surface area contributed by atoms with Crippen LogP contribution >= 0.6 is 0 Å². The van der Waals surface area contributed by atoms with Crippen molar-refractivity contribution in [1.29, 1.82) is 5.26 Å². The van der Waals surface area contributed by atoms with E-state index in [1.54, 1.807) is 6.92 Å². The number of pyridine rings is 1. The van der Waals surface area contributed by atoms with Crippen molar-refractivity contribution in [1.82, 2.24) is 14.7 Å². The van der Waals surface area contributed by atoms with E-state index in [9.17, 15) is 10.1 Å². The van der Waals surface area contributed by atoms with Crippen molar-refractivity contribution >= 4 is 28.4 Å². The monoisotopic (exact) mass is 361 g/mol. The number of nitriles is 1. The van der Waals surface area contributed by atoms with E-state index in [-0.39, 0.29) is 5.91 Å². The Hall–Kier alpha value is -3.07. The number of nitrogens with one attached hydrogen (secondary N) is 1. The molecule has 0 bridgehead atoms. The Labute approximate surface area is 158 Å². The van der Waals surface area contributed by atoms with E-state index in [2.05, 4.69) is 26.8 Å². The van der Waals surface area contributed by atoms with Gasteiger partial charge in [0.25, 0.3) is 0 Å². The molecule has 4 rings (SSSR count). The lowest BCUT2D eigenvalue weighted by Gasteiger charge is -2.35. The number of fused-ring (bicyclic) bond motifs is 3. The summed E-state index contributed by atoms with van der Waals surface area (Å²) in [5.41, 5.74) is 4.20. The minimum absolute atomic E-state index is 0.0179. The third-order valence-corrected chi connectivity index (χ3v) is 5.35. The maximum absolute atomic E-state index is 11.3. The van der Waals surface area contributed by atoms with Crippen LogP contribution in [-0.4, -0.2) is 34.9 Å². The van der Waals surface area contributed by atoms with Gasteiger partial charge in [0.05, 0.1) is 16.6 Å². The molecular weight excluding hydrogens is 338 g/mol. The van der Waals surface area contributed by atoms with Crippen molar-refractivity contribution in [2.24, 2.45) is 5.92 Å². The van der Waals surface area contributed by atoms with Gasteiger partial charge in [0, 0.05) is 26.6 Å². The predicted octanol–water partition coefficient (Wildman–Crippen LogP) is 3.02. The zero-order valence-electron chi connectivity index (χ0n) is 15.7. The molecule has 1 atom stereocenters. The van der Waals surface area contributed by atoms with Crippen LogP contribution in [-0.2, 0) is 4.79 Å². The first-order valence-corrected chi connectivity index (χ1v) is 9.38. The maximum atomic E-state index is 11.3. The highest BCUT2D eigenvalue weighted by Gasteiger charge is 2.24. The van der Waals surface area contributed by atoms with Crippen LogP contribution in [0.25, 0.3) is 16.7 Å². The molecule has 1 aliphatic rings. The number of nitrogens with zero attached hydrogens (tertiary/aromatic N) is 4. The maximum Gasteiger partial charge on any atom is 0.216 e. The van der Waals surface area contributed by atoms with Crippen molar-refractivity contribution in [3.63, 3.8) is 0 Å². The fourth-order valence-electron chi connectivity index (χ4n) is 4.03. The molecule has 0 aliphatic carbocycles. The van der Waals surface area contributed by atoms with Gasteiger partial charge in [-0.25, -0.2) is 4.98 Å². The number of amides is 1. The van der Waals surface area contributed by atoms with Crippen LogP contribution in [0, 0.1) is 24.2 Å². The topological polar surface area (TPSA) is 73.4 Å². The molecule has 1 aliphatic heterocycles. The van der Waals surface area contributed by atoms with Crippen LogP contribution in [0.3, 0.4) is 0 Å². The lowest BCUT2D eigenvalue weighted by atomic mass is 9.97. The SMILES string of the molecule is CC(=O)NCC1CCCN(c2cc(C)c(C#N)c3nc4ccccc4n23)C1. The van der Waals surface area contributed by atoms with Gasteiger partial charge in [-0.3, -0.25) is 9.20 Å². The minimum Gasteiger partial charge on any atom is -0.357 e.